The number of carbonyl (C=O) groups is 1. The fraction of sp³-hybridized carbons (Fsp3) is 0.750. The Kier molecular flexibility index (Phi) is 6.11. The molecule has 0 aromatic carbocycles. The summed E-state index contributed by atoms with van der Waals surface area (Å²) in [7, 11) is 0. The van der Waals surface area contributed by atoms with Gasteiger partial charge in [0.2, 0.25) is 5.91 Å². The Morgan fingerprint density at radius 2 is 2.38 bits per heavy atom. The van der Waals surface area contributed by atoms with E-state index in [9.17, 15) is 9.90 Å². The van der Waals surface area contributed by atoms with Crippen LogP contribution in [0.2, 0.25) is 0 Å². The van der Waals surface area contributed by atoms with Crippen LogP contribution in [0.1, 0.15) is 26.2 Å². The lowest BCUT2D eigenvalue weighted by atomic mass is 9.95. The molecule has 0 radical (unpaired) electrons. The number of aliphatic hydroxyl groups excluding tert-OH is 1. The highest BCUT2D eigenvalue weighted by atomic mass is 16.3. The molecule has 0 bridgehead atoms. The molecule has 3 N–H and O–H groups in total. The number of rotatable bonds is 5. The van der Waals surface area contributed by atoms with E-state index < -0.39 is 0 Å². The average Bonchev–Trinajstić information content (AvgIpc) is 2.28. The Morgan fingerprint density at radius 1 is 1.56 bits per heavy atom. The number of aliphatic hydroxyl groups is 1. The van der Waals surface area contributed by atoms with Crippen LogP contribution in [0, 0.1) is 5.92 Å². The molecule has 0 aromatic heterocycles. The Morgan fingerprint density at radius 3 is 3.06 bits per heavy atom. The van der Waals surface area contributed by atoms with Crippen LogP contribution in [0.5, 0.6) is 0 Å². The molecular weight excluding hydrogens is 204 g/mol. The van der Waals surface area contributed by atoms with Crippen molar-refractivity contribution in [1.82, 2.24) is 10.6 Å². The van der Waals surface area contributed by atoms with Gasteiger partial charge in [-0.3, -0.25) is 4.79 Å². The number of hydrogen-bond donors (Lipinski definition) is 3. The summed E-state index contributed by atoms with van der Waals surface area (Å²) in [5, 5.41) is 15.7. The van der Waals surface area contributed by atoms with Crippen LogP contribution in [0.4, 0.5) is 0 Å². The van der Waals surface area contributed by atoms with Gasteiger partial charge in [-0.1, -0.05) is 19.1 Å². The Balaban J connectivity index is 2.17. The first kappa shape index (κ1) is 13.2. The van der Waals surface area contributed by atoms with Crippen LogP contribution >= 0.6 is 0 Å². The van der Waals surface area contributed by atoms with Gasteiger partial charge in [-0.25, -0.2) is 0 Å². The van der Waals surface area contributed by atoms with Crippen molar-refractivity contribution in [2.75, 3.05) is 19.6 Å². The Hall–Kier alpha value is -0.870. The van der Waals surface area contributed by atoms with Gasteiger partial charge in [-0.05, 0) is 19.4 Å². The van der Waals surface area contributed by atoms with Gasteiger partial charge in [-0.15, -0.1) is 0 Å². The average molecular weight is 226 g/mol. The van der Waals surface area contributed by atoms with Crippen molar-refractivity contribution < 1.29 is 9.90 Å². The molecule has 4 nitrogen and oxygen atoms in total. The molecule has 0 unspecified atom stereocenters. The summed E-state index contributed by atoms with van der Waals surface area (Å²) in [6, 6.07) is 0. The van der Waals surface area contributed by atoms with E-state index in [0.717, 1.165) is 19.4 Å². The number of nitrogens with one attached hydrogen (secondary N) is 2. The monoisotopic (exact) mass is 226 g/mol. The second-order valence-corrected chi connectivity index (χ2v) is 4.21. The number of β-amino-alcohol motifs (C(OH)–C–C–N with tert-alkyl or cyclic N) is 1. The van der Waals surface area contributed by atoms with E-state index in [0.29, 0.717) is 19.5 Å². The molecule has 0 saturated carbocycles. The summed E-state index contributed by atoms with van der Waals surface area (Å²) in [4.78, 5) is 11.4. The maximum atomic E-state index is 11.4. The van der Waals surface area contributed by atoms with Crippen molar-refractivity contribution in [3.8, 4) is 0 Å². The van der Waals surface area contributed by atoms with Crippen molar-refractivity contribution >= 4 is 5.91 Å². The van der Waals surface area contributed by atoms with E-state index in [1.807, 2.05) is 19.1 Å². The fourth-order valence-corrected chi connectivity index (χ4v) is 1.81. The number of piperidine rings is 1. The predicted molar refractivity (Wildman–Crippen MR) is 64.0 cm³/mol. The van der Waals surface area contributed by atoms with Crippen molar-refractivity contribution in [3.63, 3.8) is 0 Å². The molecule has 4 heteroatoms. The second kappa shape index (κ2) is 7.41. The molecule has 0 aromatic rings. The lowest BCUT2D eigenvalue weighted by Gasteiger charge is -2.28. The van der Waals surface area contributed by atoms with Crippen molar-refractivity contribution in [1.29, 1.82) is 0 Å². The summed E-state index contributed by atoms with van der Waals surface area (Å²) in [5.74, 6) is 0.232. The largest absolute Gasteiger partial charge is 0.391 e. The quantitative estimate of drug-likeness (QED) is 0.596. The normalized spacial score (nSPS) is 25.9. The highest BCUT2D eigenvalue weighted by molar-refractivity contribution is 5.77. The van der Waals surface area contributed by atoms with Gasteiger partial charge >= 0.3 is 0 Å². The molecule has 1 saturated heterocycles. The van der Waals surface area contributed by atoms with E-state index in [2.05, 4.69) is 10.6 Å². The first-order valence-corrected chi connectivity index (χ1v) is 6.04. The van der Waals surface area contributed by atoms with Gasteiger partial charge in [0.05, 0.1) is 6.10 Å². The highest BCUT2D eigenvalue weighted by Gasteiger charge is 2.22. The summed E-state index contributed by atoms with van der Waals surface area (Å²) < 4.78 is 0. The van der Waals surface area contributed by atoms with Gasteiger partial charge in [0.1, 0.15) is 0 Å². The van der Waals surface area contributed by atoms with Crippen molar-refractivity contribution in [2.45, 2.75) is 32.3 Å². The molecule has 1 heterocycles. The molecule has 1 aliphatic rings. The van der Waals surface area contributed by atoms with Crippen LogP contribution in [0.15, 0.2) is 12.2 Å². The van der Waals surface area contributed by atoms with Crippen LogP contribution in [0.25, 0.3) is 0 Å². The second-order valence-electron chi connectivity index (χ2n) is 4.21. The van der Waals surface area contributed by atoms with Crippen LogP contribution in [-0.2, 0) is 4.79 Å². The van der Waals surface area contributed by atoms with E-state index in [-0.39, 0.29) is 17.9 Å². The zero-order valence-corrected chi connectivity index (χ0v) is 9.91. The number of amides is 1. The maximum Gasteiger partial charge on any atom is 0.223 e. The minimum Gasteiger partial charge on any atom is -0.391 e. The number of carbonyl (C=O) groups excluding carboxylic acids is 1. The molecule has 1 rings (SSSR count). The third kappa shape index (κ3) is 4.77. The molecule has 92 valence electrons. The molecule has 0 aliphatic carbocycles. The lowest BCUT2D eigenvalue weighted by Crippen LogP contribution is -2.45. The standard InChI is InChI=1S/C12H22N2O2/c1-2-3-4-5-12(16)14-8-10-6-7-13-9-11(10)15/h3-4,10-11,13,15H,2,5-9H2,1H3,(H,14,16)/t10-,11+/m0/s1. The minimum absolute atomic E-state index is 0.0374. The molecule has 1 amide bonds. The first-order valence-electron chi connectivity index (χ1n) is 6.04. The van der Waals surface area contributed by atoms with E-state index >= 15 is 0 Å². The van der Waals surface area contributed by atoms with Crippen molar-refractivity contribution in [2.24, 2.45) is 5.92 Å². The third-order valence-electron chi connectivity index (χ3n) is 2.86. The summed E-state index contributed by atoms with van der Waals surface area (Å²) >= 11 is 0. The summed E-state index contributed by atoms with van der Waals surface area (Å²) in [6.07, 6.45) is 5.86. The van der Waals surface area contributed by atoms with E-state index in [1.54, 1.807) is 0 Å². The van der Waals surface area contributed by atoms with Gasteiger partial charge in [0.15, 0.2) is 0 Å². The van der Waals surface area contributed by atoms with Crippen molar-refractivity contribution in [3.05, 3.63) is 12.2 Å². The van der Waals surface area contributed by atoms with Gasteiger partial charge in [-0.2, -0.15) is 0 Å². The Labute approximate surface area is 97.1 Å². The van der Waals surface area contributed by atoms with Gasteiger partial charge in [0.25, 0.3) is 0 Å². The number of hydrogen-bond acceptors (Lipinski definition) is 3. The smallest absolute Gasteiger partial charge is 0.223 e. The molecule has 1 fully saturated rings. The zero-order chi connectivity index (χ0) is 11.8. The molecular formula is C12H22N2O2. The first-order chi connectivity index (χ1) is 7.74. The van der Waals surface area contributed by atoms with E-state index in [4.69, 9.17) is 0 Å². The number of allylic oxidation sites excluding steroid dienone is 1. The topological polar surface area (TPSA) is 61.4 Å². The zero-order valence-electron chi connectivity index (χ0n) is 9.91. The molecule has 16 heavy (non-hydrogen) atoms. The van der Waals surface area contributed by atoms with Crippen LogP contribution in [0.3, 0.4) is 0 Å². The van der Waals surface area contributed by atoms with Gasteiger partial charge in [0, 0.05) is 25.4 Å². The highest BCUT2D eigenvalue weighted by Crippen LogP contribution is 2.11. The van der Waals surface area contributed by atoms with Crippen LogP contribution in [-0.4, -0.2) is 36.8 Å². The predicted octanol–water partition coefficient (Wildman–Crippen LogP) is 0.429. The molecule has 0 spiro atoms. The molecule has 1 aliphatic heterocycles. The summed E-state index contributed by atoms with van der Waals surface area (Å²) in [6.45, 7) is 4.19. The lowest BCUT2D eigenvalue weighted by molar-refractivity contribution is -0.120. The Bertz CT molecular complexity index is 241. The SMILES string of the molecule is CCC=CCC(=O)NC[C@@H]1CCNC[C@H]1O. The molecule has 2 atom stereocenters. The maximum absolute atomic E-state index is 11.4. The fourth-order valence-electron chi connectivity index (χ4n) is 1.81. The third-order valence-corrected chi connectivity index (χ3v) is 2.86. The van der Waals surface area contributed by atoms with Crippen LogP contribution < -0.4 is 10.6 Å². The summed E-state index contributed by atoms with van der Waals surface area (Å²) in [5.41, 5.74) is 0. The van der Waals surface area contributed by atoms with Gasteiger partial charge < -0.3 is 15.7 Å². The minimum atomic E-state index is -0.333. The van der Waals surface area contributed by atoms with E-state index in [1.165, 1.54) is 0 Å².